The highest BCUT2D eigenvalue weighted by Crippen LogP contribution is 2.19. The van der Waals surface area contributed by atoms with Crippen LogP contribution in [0.1, 0.15) is 84.0 Å². The van der Waals surface area contributed by atoms with Crippen LogP contribution in [0.3, 0.4) is 0 Å². The number of anilines is 1. The lowest BCUT2D eigenvalue weighted by Gasteiger charge is -2.06. The van der Waals surface area contributed by atoms with E-state index < -0.39 is 9.05 Å². The number of unbranched alkanes of at least 4 members (excludes halogenated alkanes) is 10. The number of amides is 1. The second-order valence-corrected chi connectivity index (χ2v) is 9.37. The summed E-state index contributed by atoms with van der Waals surface area (Å²) in [6.45, 7) is 2.24. The van der Waals surface area contributed by atoms with Crippen LogP contribution in [0.25, 0.3) is 0 Å². The Labute approximate surface area is 163 Å². The van der Waals surface area contributed by atoms with Gasteiger partial charge in [-0.25, -0.2) is 8.42 Å². The van der Waals surface area contributed by atoms with Crippen LogP contribution in [0.15, 0.2) is 29.2 Å². The minimum absolute atomic E-state index is 0.00772. The molecule has 0 bridgehead atoms. The van der Waals surface area contributed by atoms with Crippen LogP contribution < -0.4 is 5.32 Å². The first kappa shape index (κ1) is 23.0. The summed E-state index contributed by atoms with van der Waals surface area (Å²) in [6, 6.07) is 6.00. The second kappa shape index (κ2) is 13.2. The monoisotopic (exact) mass is 401 g/mol. The topological polar surface area (TPSA) is 63.2 Å². The highest BCUT2D eigenvalue weighted by Gasteiger charge is 2.11. The van der Waals surface area contributed by atoms with Gasteiger partial charge in [-0.3, -0.25) is 4.79 Å². The van der Waals surface area contributed by atoms with Gasteiger partial charge < -0.3 is 5.32 Å². The molecule has 148 valence electrons. The molecule has 0 unspecified atom stereocenters. The molecule has 0 radical (unpaired) electrons. The molecule has 0 saturated heterocycles. The molecule has 1 N–H and O–H groups in total. The smallest absolute Gasteiger partial charge is 0.261 e. The van der Waals surface area contributed by atoms with Crippen molar-refractivity contribution >= 4 is 31.3 Å². The maximum absolute atomic E-state index is 11.9. The fourth-order valence-corrected chi connectivity index (χ4v) is 3.70. The van der Waals surface area contributed by atoms with E-state index in [2.05, 4.69) is 12.2 Å². The Morgan fingerprint density at radius 2 is 1.46 bits per heavy atom. The van der Waals surface area contributed by atoms with E-state index in [0.717, 1.165) is 12.8 Å². The third kappa shape index (κ3) is 10.8. The van der Waals surface area contributed by atoms with Crippen molar-refractivity contribution in [1.29, 1.82) is 0 Å². The maximum Gasteiger partial charge on any atom is 0.261 e. The summed E-state index contributed by atoms with van der Waals surface area (Å²) in [5.41, 5.74) is 0.458. The maximum atomic E-state index is 11.9. The lowest BCUT2D eigenvalue weighted by atomic mass is 10.1. The molecule has 0 aromatic heterocycles. The van der Waals surface area contributed by atoms with E-state index in [1.807, 2.05) is 0 Å². The van der Waals surface area contributed by atoms with Crippen molar-refractivity contribution in [2.24, 2.45) is 0 Å². The Bertz CT molecular complexity index is 632. The molecular formula is C20H32ClNO3S. The molecule has 0 fully saturated rings. The standard InChI is InChI=1S/C20H32ClNO3S/c1-2-3-4-5-6-7-8-9-10-11-12-16-20(23)22-18-14-13-15-19(17-18)26(21,24)25/h13-15,17H,2-12,16H2,1H3,(H,22,23). The number of nitrogens with one attached hydrogen (secondary N) is 1. The molecule has 1 amide bonds. The second-order valence-electron chi connectivity index (χ2n) is 6.80. The van der Waals surface area contributed by atoms with Crippen LogP contribution in [0.5, 0.6) is 0 Å². The third-order valence-corrected chi connectivity index (χ3v) is 5.76. The van der Waals surface area contributed by atoms with Crippen LogP contribution in [0.2, 0.25) is 0 Å². The number of halogens is 1. The molecule has 1 aromatic carbocycles. The van der Waals surface area contributed by atoms with Gasteiger partial charge in [0.15, 0.2) is 0 Å². The summed E-state index contributed by atoms with van der Waals surface area (Å²) in [5, 5.41) is 2.73. The largest absolute Gasteiger partial charge is 0.326 e. The third-order valence-electron chi connectivity index (χ3n) is 4.41. The van der Waals surface area contributed by atoms with Gasteiger partial charge in [0.1, 0.15) is 0 Å². The first-order valence-electron chi connectivity index (χ1n) is 9.78. The van der Waals surface area contributed by atoms with E-state index in [4.69, 9.17) is 10.7 Å². The van der Waals surface area contributed by atoms with Gasteiger partial charge in [-0.15, -0.1) is 0 Å². The number of rotatable bonds is 14. The molecule has 0 saturated carbocycles. The van der Waals surface area contributed by atoms with E-state index >= 15 is 0 Å². The molecule has 0 atom stereocenters. The average molecular weight is 402 g/mol. The van der Waals surface area contributed by atoms with Crippen molar-refractivity contribution in [3.05, 3.63) is 24.3 Å². The highest BCUT2D eigenvalue weighted by atomic mass is 35.7. The van der Waals surface area contributed by atoms with Crippen molar-refractivity contribution in [2.45, 2.75) is 88.9 Å². The Morgan fingerprint density at radius 1 is 0.923 bits per heavy atom. The summed E-state index contributed by atoms with van der Waals surface area (Å²) in [4.78, 5) is 11.9. The van der Waals surface area contributed by atoms with E-state index in [9.17, 15) is 13.2 Å². The number of carbonyl (C=O) groups excluding carboxylic acids is 1. The van der Waals surface area contributed by atoms with E-state index in [-0.39, 0.29) is 10.8 Å². The van der Waals surface area contributed by atoms with Gasteiger partial charge >= 0.3 is 0 Å². The van der Waals surface area contributed by atoms with Crippen molar-refractivity contribution in [3.63, 3.8) is 0 Å². The number of hydrogen-bond donors (Lipinski definition) is 1. The molecule has 0 aliphatic rings. The average Bonchev–Trinajstić information content (AvgIpc) is 2.59. The highest BCUT2D eigenvalue weighted by molar-refractivity contribution is 8.13. The first-order chi connectivity index (χ1) is 12.4. The van der Waals surface area contributed by atoms with Crippen LogP contribution >= 0.6 is 10.7 Å². The van der Waals surface area contributed by atoms with E-state index in [1.54, 1.807) is 12.1 Å². The molecule has 1 aromatic rings. The van der Waals surface area contributed by atoms with Gasteiger partial charge in [0.2, 0.25) is 5.91 Å². The number of benzene rings is 1. The Balaban J connectivity index is 2.09. The summed E-state index contributed by atoms with van der Waals surface area (Å²) < 4.78 is 22.6. The quantitative estimate of drug-likeness (QED) is 0.296. The zero-order valence-corrected chi connectivity index (χ0v) is 17.4. The zero-order valence-electron chi connectivity index (χ0n) is 15.8. The van der Waals surface area contributed by atoms with Gasteiger partial charge in [-0.2, -0.15) is 0 Å². The fourth-order valence-electron chi connectivity index (χ4n) is 2.90. The predicted molar refractivity (Wildman–Crippen MR) is 109 cm³/mol. The van der Waals surface area contributed by atoms with Crippen LogP contribution in [0, 0.1) is 0 Å². The predicted octanol–water partition coefficient (Wildman–Crippen LogP) is 6.25. The molecule has 0 aliphatic carbocycles. The lowest BCUT2D eigenvalue weighted by molar-refractivity contribution is -0.116. The summed E-state index contributed by atoms with van der Waals surface area (Å²) in [7, 11) is 1.53. The normalized spacial score (nSPS) is 11.5. The number of hydrogen-bond acceptors (Lipinski definition) is 3. The molecule has 0 heterocycles. The van der Waals surface area contributed by atoms with Crippen molar-refractivity contribution in [1.82, 2.24) is 0 Å². The van der Waals surface area contributed by atoms with Crippen molar-refractivity contribution in [3.8, 4) is 0 Å². The summed E-state index contributed by atoms with van der Waals surface area (Å²) in [6.07, 6.45) is 14.1. The van der Waals surface area contributed by atoms with E-state index in [1.165, 1.54) is 69.9 Å². The van der Waals surface area contributed by atoms with Gasteiger partial charge in [0, 0.05) is 22.8 Å². The van der Waals surface area contributed by atoms with Gasteiger partial charge in [0.25, 0.3) is 9.05 Å². The first-order valence-corrected chi connectivity index (χ1v) is 12.1. The molecule has 0 spiro atoms. The Morgan fingerprint density at radius 3 is 2.00 bits per heavy atom. The molecule has 4 nitrogen and oxygen atoms in total. The van der Waals surface area contributed by atoms with Crippen LogP contribution in [0.4, 0.5) is 5.69 Å². The summed E-state index contributed by atoms with van der Waals surface area (Å²) in [5.74, 6) is -0.0926. The molecule has 26 heavy (non-hydrogen) atoms. The number of carbonyl (C=O) groups is 1. The van der Waals surface area contributed by atoms with Crippen molar-refractivity contribution < 1.29 is 13.2 Å². The molecule has 0 aliphatic heterocycles. The van der Waals surface area contributed by atoms with Gasteiger partial charge in [-0.1, -0.05) is 77.2 Å². The SMILES string of the molecule is CCCCCCCCCCCCCC(=O)Nc1cccc(S(=O)(=O)Cl)c1. The Kier molecular flexibility index (Phi) is 11.6. The van der Waals surface area contributed by atoms with Gasteiger partial charge in [-0.05, 0) is 24.6 Å². The van der Waals surface area contributed by atoms with E-state index in [0.29, 0.717) is 12.1 Å². The molecule has 1 rings (SSSR count). The van der Waals surface area contributed by atoms with Crippen molar-refractivity contribution in [2.75, 3.05) is 5.32 Å². The molecular weight excluding hydrogens is 370 g/mol. The fraction of sp³-hybridized carbons (Fsp3) is 0.650. The Hall–Kier alpha value is -1.07. The zero-order chi connectivity index (χ0) is 19.3. The molecule has 6 heteroatoms. The summed E-state index contributed by atoms with van der Waals surface area (Å²) >= 11 is 0. The lowest BCUT2D eigenvalue weighted by Crippen LogP contribution is -2.11. The van der Waals surface area contributed by atoms with Crippen LogP contribution in [-0.4, -0.2) is 14.3 Å². The van der Waals surface area contributed by atoms with Gasteiger partial charge in [0.05, 0.1) is 4.90 Å². The minimum atomic E-state index is -3.78. The van der Waals surface area contributed by atoms with Crippen LogP contribution in [-0.2, 0) is 13.8 Å². The minimum Gasteiger partial charge on any atom is -0.326 e.